The molecule has 1 heterocycles. The van der Waals surface area contributed by atoms with Gasteiger partial charge in [0.1, 0.15) is 25.8 Å². The highest BCUT2D eigenvalue weighted by atomic mass is 32.2. The molecule has 0 fully saturated rings. The van der Waals surface area contributed by atoms with E-state index in [0.717, 1.165) is 0 Å². The molecular formula is C15H19F3N2O5S. The van der Waals surface area contributed by atoms with Crippen LogP contribution in [0.5, 0.6) is 11.5 Å². The lowest BCUT2D eigenvalue weighted by Gasteiger charge is -2.23. The predicted octanol–water partition coefficient (Wildman–Crippen LogP) is 1.44. The largest absolute Gasteiger partial charge is 0.486 e. The zero-order valence-corrected chi connectivity index (χ0v) is 14.9. The topological polar surface area (TPSA) is 93.7 Å². The molecule has 1 amide bonds. The number of carbonyl (C=O) groups excluding carboxylic acids is 1. The molecule has 1 atom stereocenters. The molecule has 1 aliphatic heterocycles. The minimum atomic E-state index is -4.59. The standard InChI is InChI=1S/C15H19F3N2O5S/c1-9(2)13(14(21)19-8-15(16,17)18)20-26(22,23)10-3-4-11-12(7-10)25-6-5-24-11/h3-4,7,9,13,20H,5-6,8H2,1-2H3,(H,19,21)/t13-/m0/s1. The lowest BCUT2D eigenvalue weighted by Crippen LogP contribution is -2.51. The predicted molar refractivity (Wildman–Crippen MR) is 85.4 cm³/mol. The van der Waals surface area contributed by atoms with Gasteiger partial charge in [-0.3, -0.25) is 4.79 Å². The van der Waals surface area contributed by atoms with E-state index in [1.54, 1.807) is 5.32 Å². The van der Waals surface area contributed by atoms with Gasteiger partial charge in [-0.25, -0.2) is 8.42 Å². The van der Waals surface area contributed by atoms with Gasteiger partial charge in [-0.15, -0.1) is 0 Å². The first-order valence-corrected chi connectivity index (χ1v) is 9.24. The lowest BCUT2D eigenvalue weighted by molar-refractivity contribution is -0.139. The number of nitrogens with one attached hydrogen (secondary N) is 2. The Kier molecular flexibility index (Phi) is 6.02. The Balaban J connectivity index is 2.17. The third-order valence-corrected chi connectivity index (χ3v) is 4.96. The molecule has 0 saturated carbocycles. The van der Waals surface area contributed by atoms with Crippen molar-refractivity contribution in [3.8, 4) is 11.5 Å². The number of alkyl halides is 3. The lowest BCUT2D eigenvalue weighted by atomic mass is 10.1. The van der Waals surface area contributed by atoms with Crippen molar-refractivity contribution < 1.29 is 35.9 Å². The first-order chi connectivity index (χ1) is 12.0. The van der Waals surface area contributed by atoms with Crippen molar-refractivity contribution in [2.24, 2.45) is 5.92 Å². The molecule has 7 nitrogen and oxygen atoms in total. The number of benzene rings is 1. The number of hydrogen-bond donors (Lipinski definition) is 2. The molecule has 0 unspecified atom stereocenters. The highest BCUT2D eigenvalue weighted by Crippen LogP contribution is 2.32. The van der Waals surface area contributed by atoms with Gasteiger partial charge in [0, 0.05) is 6.07 Å². The first kappa shape index (κ1) is 20.3. The maximum atomic E-state index is 12.5. The van der Waals surface area contributed by atoms with Gasteiger partial charge < -0.3 is 14.8 Å². The number of sulfonamides is 1. The normalized spacial score (nSPS) is 15.6. The summed E-state index contributed by atoms with van der Waals surface area (Å²) >= 11 is 0. The molecule has 0 aliphatic carbocycles. The number of halogens is 3. The van der Waals surface area contributed by atoms with Crippen LogP contribution in [0.3, 0.4) is 0 Å². The van der Waals surface area contributed by atoms with E-state index in [0.29, 0.717) is 12.4 Å². The highest BCUT2D eigenvalue weighted by Gasteiger charge is 2.33. The summed E-state index contributed by atoms with van der Waals surface area (Å²) in [4.78, 5) is 11.8. The summed E-state index contributed by atoms with van der Waals surface area (Å²) in [7, 11) is -4.16. The van der Waals surface area contributed by atoms with Crippen molar-refractivity contribution in [1.82, 2.24) is 10.0 Å². The van der Waals surface area contributed by atoms with Crippen molar-refractivity contribution in [3.63, 3.8) is 0 Å². The molecule has 0 saturated heterocycles. The van der Waals surface area contributed by atoms with E-state index in [2.05, 4.69) is 4.72 Å². The second kappa shape index (κ2) is 7.70. The number of hydrogen-bond acceptors (Lipinski definition) is 5. The van der Waals surface area contributed by atoms with Gasteiger partial charge in [-0.05, 0) is 18.1 Å². The number of ether oxygens (including phenoxy) is 2. The maximum Gasteiger partial charge on any atom is 0.405 e. The van der Waals surface area contributed by atoms with Crippen LogP contribution in [-0.2, 0) is 14.8 Å². The fourth-order valence-electron chi connectivity index (χ4n) is 2.22. The average Bonchev–Trinajstić information content (AvgIpc) is 2.56. The Labute approximate surface area is 148 Å². The second-order valence-electron chi connectivity index (χ2n) is 5.98. The van der Waals surface area contributed by atoms with Crippen LogP contribution in [0.2, 0.25) is 0 Å². The van der Waals surface area contributed by atoms with Crippen LogP contribution in [0.15, 0.2) is 23.1 Å². The summed E-state index contributed by atoms with van der Waals surface area (Å²) in [5, 5.41) is 1.69. The van der Waals surface area contributed by atoms with E-state index < -0.39 is 40.6 Å². The third-order valence-electron chi connectivity index (χ3n) is 3.52. The minimum Gasteiger partial charge on any atom is -0.486 e. The molecule has 2 rings (SSSR count). The van der Waals surface area contributed by atoms with E-state index in [-0.39, 0.29) is 17.3 Å². The Morgan fingerprint density at radius 1 is 1.19 bits per heavy atom. The van der Waals surface area contributed by atoms with Gasteiger partial charge in [-0.1, -0.05) is 13.8 Å². The maximum absolute atomic E-state index is 12.5. The molecule has 0 aromatic heterocycles. The fraction of sp³-hybridized carbons (Fsp3) is 0.533. The Morgan fingerprint density at radius 3 is 2.38 bits per heavy atom. The molecule has 1 aromatic rings. The minimum absolute atomic E-state index is 0.184. The molecule has 2 N–H and O–H groups in total. The highest BCUT2D eigenvalue weighted by molar-refractivity contribution is 7.89. The van der Waals surface area contributed by atoms with Crippen LogP contribution in [-0.4, -0.2) is 46.3 Å². The number of amides is 1. The van der Waals surface area contributed by atoms with Gasteiger partial charge in [-0.2, -0.15) is 17.9 Å². The van der Waals surface area contributed by atoms with Crippen LogP contribution in [0, 0.1) is 5.92 Å². The molecule has 146 valence electrons. The van der Waals surface area contributed by atoms with E-state index in [1.807, 2.05) is 0 Å². The summed E-state index contributed by atoms with van der Waals surface area (Å²) < 4.78 is 74.6. The van der Waals surface area contributed by atoms with Gasteiger partial charge >= 0.3 is 6.18 Å². The monoisotopic (exact) mass is 396 g/mol. The van der Waals surface area contributed by atoms with Crippen molar-refractivity contribution in [2.45, 2.75) is 31.0 Å². The SMILES string of the molecule is CC(C)[C@H](NS(=O)(=O)c1ccc2c(c1)OCCO2)C(=O)NCC(F)(F)F. The van der Waals surface area contributed by atoms with E-state index in [9.17, 15) is 26.4 Å². The number of rotatable bonds is 6. The molecule has 0 spiro atoms. The fourth-order valence-corrected chi connectivity index (χ4v) is 3.57. The zero-order chi connectivity index (χ0) is 19.5. The van der Waals surface area contributed by atoms with Gasteiger partial charge in [0.2, 0.25) is 15.9 Å². The summed E-state index contributed by atoms with van der Waals surface area (Å²) in [5.41, 5.74) is 0. The Morgan fingerprint density at radius 2 is 1.81 bits per heavy atom. The molecule has 1 aromatic carbocycles. The third kappa shape index (κ3) is 5.24. The van der Waals surface area contributed by atoms with Gasteiger partial charge in [0.25, 0.3) is 0 Å². The summed E-state index contributed by atoms with van der Waals surface area (Å²) in [6.07, 6.45) is -4.59. The molecule has 11 heteroatoms. The molecule has 26 heavy (non-hydrogen) atoms. The van der Waals surface area contributed by atoms with Crippen LogP contribution in [0.4, 0.5) is 13.2 Å². The zero-order valence-electron chi connectivity index (χ0n) is 14.1. The van der Waals surface area contributed by atoms with Crippen LogP contribution >= 0.6 is 0 Å². The van der Waals surface area contributed by atoms with Crippen molar-refractivity contribution in [2.75, 3.05) is 19.8 Å². The molecule has 0 radical (unpaired) electrons. The average molecular weight is 396 g/mol. The summed E-state index contributed by atoms with van der Waals surface area (Å²) in [6.45, 7) is 2.10. The molecular weight excluding hydrogens is 377 g/mol. The Hall–Kier alpha value is -2.01. The number of carbonyl (C=O) groups is 1. The smallest absolute Gasteiger partial charge is 0.405 e. The Bertz CT molecular complexity index is 765. The van der Waals surface area contributed by atoms with Gasteiger partial charge in [0.05, 0.1) is 4.90 Å². The molecule has 1 aliphatic rings. The van der Waals surface area contributed by atoms with Crippen LogP contribution in [0.25, 0.3) is 0 Å². The van der Waals surface area contributed by atoms with Crippen molar-refractivity contribution in [3.05, 3.63) is 18.2 Å². The van der Waals surface area contributed by atoms with E-state index >= 15 is 0 Å². The van der Waals surface area contributed by atoms with Crippen LogP contribution < -0.4 is 19.5 Å². The van der Waals surface area contributed by atoms with Crippen molar-refractivity contribution in [1.29, 1.82) is 0 Å². The number of fused-ring (bicyclic) bond motifs is 1. The van der Waals surface area contributed by atoms with E-state index in [4.69, 9.17) is 9.47 Å². The van der Waals surface area contributed by atoms with Crippen LogP contribution in [0.1, 0.15) is 13.8 Å². The summed E-state index contributed by atoms with van der Waals surface area (Å²) in [5.74, 6) is -1.01. The van der Waals surface area contributed by atoms with Crippen molar-refractivity contribution >= 4 is 15.9 Å². The first-order valence-electron chi connectivity index (χ1n) is 7.76. The van der Waals surface area contributed by atoms with E-state index in [1.165, 1.54) is 32.0 Å². The molecule has 0 bridgehead atoms. The second-order valence-corrected chi connectivity index (χ2v) is 7.70. The quantitative estimate of drug-likeness (QED) is 0.759. The van der Waals surface area contributed by atoms with Gasteiger partial charge in [0.15, 0.2) is 11.5 Å². The summed E-state index contributed by atoms with van der Waals surface area (Å²) in [6, 6.07) is 2.55.